The summed E-state index contributed by atoms with van der Waals surface area (Å²) in [6, 6.07) is 4.97. The molecule has 1 unspecified atom stereocenters. The summed E-state index contributed by atoms with van der Waals surface area (Å²) in [5.74, 6) is -0.264. The fraction of sp³-hybridized carbons (Fsp3) is 0.500. The molecule has 88 valence electrons. The maximum Gasteiger partial charge on any atom is 0.129 e. The van der Waals surface area contributed by atoms with Gasteiger partial charge < -0.3 is 15.7 Å². The van der Waals surface area contributed by atoms with E-state index in [0.29, 0.717) is 12.1 Å². The predicted octanol–water partition coefficient (Wildman–Crippen LogP) is 1.25. The second kappa shape index (κ2) is 4.80. The lowest BCUT2D eigenvalue weighted by Gasteiger charge is -2.33. The number of halogens is 1. The van der Waals surface area contributed by atoms with E-state index in [-0.39, 0.29) is 18.5 Å². The summed E-state index contributed by atoms with van der Waals surface area (Å²) < 4.78 is 13.5. The Morgan fingerprint density at radius 1 is 1.50 bits per heavy atom. The standard InChI is InChI=1S/C12H17FN2O/c13-11-4-1-5-12(10(11)7-14)15-6-2-3-9(16)8-15/h1,4-5,9,16H,2-3,6-8,14H2. The topological polar surface area (TPSA) is 49.5 Å². The summed E-state index contributed by atoms with van der Waals surface area (Å²) in [7, 11) is 0. The average Bonchev–Trinajstić information content (AvgIpc) is 2.28. The van der Waals surface area contributed by atoms with E-state index >= 15 is 0 Å². The van der Waals surface area contributed by atoms with Crippen molar-refractivity contribution in [3.63, 3.8) is 0 Å². The number of hydrogen-bond donors (Lipinski definition) is 2. The molecular formula is C12H17FN2O. The first kappa shape index (κ1) is 11.4. The largest absolute Gasteiger partial charge is 0.391 e. The maximum absolute atomic E-state index is 13.5. The minimum absolute atomic E-state index is 0.189. The molecule has 1 aromatic carbocycles. The van der Waals surface area contributed by atoms with Gasteiger partial charge in [0.05, 0.1) is 6.10 Å². The van der Waals surface area contributed by atoms with Gasteiger partial charge >= 0.3 is 0 Å². The quantitative estimate of drug-likeness (QED) is 0.794. The molecule has 0 aliphatic carbocycles. The molecule has 1 atom stereocenters. The van der Waals surface area contributed by atoms with Crippen molar-refractivity contribution in [2.45, 2.75) is 25.5 Å². The molecule has 1 saturated heterocycles. The first-order valence-corrected chi connectivity index (χ1v) is 5.63. The molecule has 0 spiro atoms. The lowest BCUT2D eigenvalue weighted by atomic mass is 10.0. The van der Waals surface area contributed by atoms with Gasteiger partial charge in [-0.05, 0) is 25.0 Å². The highest BCUT2D eigenvalue weighted by Gasteiger charge is 2.20. The van der Waals surface area contributed by atoms with Crippen LogP contribution in [-0.2, 0) is 6.54 Å². The molecule has 0 aromatic heterocycles. The third-order valence-corrected chi connectivity index (χ3v) is 3.04. The van der Waals surface area contributed by atoms with Crippen LogP contribution in [0, 0.1) is 5.82 Å². The van der Waals surface area contributed by atoms with E-state index in [1.54, 1.807) is 6.07 Å². The Labute approximate surface area is 94.7 Å². The van der Waals surface area contributed by atoms with Gasteiger partial charge in [0, 0.05) is 30.9 Å². The molecule has 0 saturated carbocycles. The zero-order valence-corrected chi connectivity index (χ0v) is 9.19. The number of anilines is 1. The van der Waals surface area contributed by atoms with Gasteiger partial charge in [-0.1, -0.05) is 6.07 Å². The van der Waals surface area contributed by atoms with E-state index in [9.17, 15) is 9.50 Å². The van der Waals surface area contributed by atoms with E-state index in [4.69, 9.17) is 5.73 Å². The smallest absolute Gasteiger partial charge is 0.129 e. The van der Waals surface area contributed by atoms with Crippen LogP contribution >= 0.6 is 0 Å². The summed E-state index contributed by atoms with van der Waals surface area (Å²) >= 11 is 0. The van der Waals surface area contributed by atoms with Gasteiger partial charge in [0.1, 0.15) is 5.82 Å². The highest BCUT2D eigenvalue weighted by molar-refractivity contribution is 5.54. The molecule has 1 heterocycles. The Balaban J connectivity index is 2.28. The summed E-state index contributed by atoms with van der Waals surface area (Å²) in [5, 5.41) is 9.61. The lowest BCUT2D eigenvalue weighted by molar-refractivity contribution is 0.154. The lowest BCUT2D eigenvalue weighted by Crippen LogP contribution is -2.39. The van der Waals surface area contributed by atoms with Crippen LogP contribution in [0.15, 0.2) is 18.2 Å². The molecule has 16 heavy (non-hydrogen) atoms. The number of β-amino-alcohol motifs (C(OH)–C–C–N with tert-alkyl or cyclic N) is 1. The Bertz CT molecular complexity index is 370. The molecule has 0 amide bonds. The zero-order chi connectivity index (χ0) is 11.5. The van der Waals surface area contributed by atoms with Crippen molar-refractivity contribution in [3.8, 4) is 0 Å². The van der Waals surface area contributed by atoms with Crippen molar-refractivity contribution < 1.29 is 9.50 Å². The molecule has 1 aliphatic rings. The van der Waals surface area contributed by atoms with E-state index < -0.39 is 0 Å². The molecule has 0 bridgehead atoms. The number of aliphatic hydroxyl groups excluding tert-OH is 1. The van der Waals surface area contributed by atoms with Gasteiger partial charge in [-0.2, -0.15) is 0 Å². The highest BCUT2D eigenvalue weighted by atomic mass is 19.1. The van der Waals surface area contributed by atoms with Crippen LogP contribution in [0.1, 0.15) is 18.4 Å². The van der Waals surface area contributed by atoms with Crippen LogP contribution in [0.4, 0.5) is 10.1 Å². The molecular weight excluding hydrogens is 207 g/mol. The van der Waals surface area contributed by atoms with Gasteiger partial charge in [-0.3, -0.25) is 0 Å². The molecule has 2 rings (SSSR count). The van der Waals surface area contributed by atoms with Gasteiger partial charge in [0.25, 0.3) is 0 Å². The van der Waals surface area contributed by atoms with Gasteiger partial charge in [-0.25, -0.2) is 4.39 Å². The Morgan fingerprint density at radius 3 is 3.00 bits per heavy atom. The van der Waals surface area contributed by atoms with Crippen LogP contribution in [0.25, 0.3) is 0 Å². The molecule has 1 aliphatic heterocycles. The summed E-state index contributed by atoms with van der Waals surface area (Å²) in [6.45, 7) is 1.61. The number of piperidine rings is 1. The van der Waals surface area contributed by atoms with Crippen molar-refractivity contribution in [3.05, 3.63) is 29.6 Å². The zero-order valence-electron chi connectivity index (χ0n) is 9.19. The van der Waals surface area contributed by atoms with E-state index in [0.717, 1.165) is 25.1 Å². The van der Waals surface area contributed by atoms with Crippen molar-refractivity contribution in [2.75, 3.05) is 18.0 Å². The number of nitrogens with two attached hydrogens (primary N) is 1. The van der Waals surface area contributed by atoms with Crippen molar-refractivity contribution in [1.82, 2.24) is 0 Å². The first-order chi connectivity index (χ1) is 7.72. The fourth-order valence-corrected chi connectivity index (χ4v) is 2.22. The van der Waals surface area contributed by atoms with Crippen LogP contribution in [0.2, 0.25) is 0 Å². The SMILES string of the molecule is NCc1c(F)cccc1N1CCCC(O)C1. The van der Waals surface area contributed by atoms with Crippen molar-refractivity contribution >= 4 is 5.69 Å². The molecule has 3 nitrogen and oxygen atoms in total. The highest BCUT2D eigenvalue weighted by Crippen LogP contribution is 2.25. The summed E-state index contributed by atoms with van der Waals surface area (Å²) in [4.78, 5) is 2.01. The van der Waals surface area contributed by atoms with Crippen LogP contribution in [0.3, 0.4) is 0 Å². The van der Waals surface area contributed by atoms with Crippen molar-refractivity contribution in [1.29, 1.82) is 0 Å². The predicted molar refractivity (Wildman–Crippen MR) is 61.7 cm³/mol. The summed E-state index contributed by atoms with van der Waals surface area (Å²) in [5.41, 5.74) is 6.92. The molecule has 0 radical (unpaired) electrons. The second-order valence-electron chi connectivity index (χ2n) is 4.18. The fourth-order valence-electron chi connectivity index (χ4n) is 2.22. The van der Waals surface area contributed by atoms with Gasteiger partial charge in [0.2, 0.25) is 0 Å². The van der Waals surface area contributed by atoms with E-state index in [1.807, 2.05) is 11.0 Å². The van der Waals surface area contributed by atoms with E-state index in [2.05, 4.69) is 0 Å². The van der Waals surface area contributed by atoms with E-state index in [1.165, 1.54) is 6.07 Å². The Hall–Kier alpha value is -1.13. The molecule has 3 N–H and O–H groups in total. The monoisotopic (exact) mass is 224 g/mol. The Kier molecular flexibility index (Phi) is 3.41. The first-order valence-electron chi connectivity index (χ1n) is 5.63. The Morgan fingerprint density at radius 2 is 2.31 bits per heavy atom. The van der Waals surface area contributed by atoms with Crippen LogP contribution < -0.4 is 10.6 Å². The summed E-state index contributed by atoms with van der Waals surface area (Å²) in [6.07, 6.45) is 1.44. The second-order valence-corrected chi connectivity index (χ2v) is 4.18. The molecule has 1 fully saturated rings. The number of aliphatic hydroxyl groups is 1. The average molecular weight is 224 g/mol. The van der Waals surface area contributed by atoms with Crippen molar-refractivity contribution in [2.24, 2.45) is 5.73 Å². The maximum atomic E-state index is 13.5. The normalized spacial score (nSPS) is 21.2. The third-order valence-electron chi connectivity index (χ3n) is 3.04. The number of benzene rings is 1. The van der Waals surface area contributed by atoms with Gasteiger partial charge in [0.15, 0.2) is 0 Å². The molecule has 1 aromatic rings. The van der Waals surface area contributed by atoms with Gasteiger partial charge in [-0.15, -0.1) is 0 Å². The minimum atomic E-state index is -0.317. The minimum Gasteiger partial charge on any atom is -0.391 e. The number of hydrogen-bond acceptors (Lipinski definition) is 3. The van der Waals surface area contributed by atoms with Crippen LogP contribution in [-0.4, -0.2) is 24.3 Å². The van der Waals surface area contributed by atoms with Crippen LogP contribution in [0.5, 0.6) is 0 Å². The molecule has 4 heteroatoms. The third kappa shape index (κ3) is 2.18. The number of nitrogens with zero attached hydrogens (tertiary/aromatic N) is 1. The number of rotatable bonds is 2.